The van der Waals surface area contributed by atoms with Gasteiger partial charge in [-0.25, -0.2) is 4.39 Å². The van der Waals surface area contributed by atoms with E-state index >= 15 is 0 Å². The monoisotopic (exact) mass is 314 g/mol. The highest BCUT2D eigenvalue weighted by atomic mass is 19.1. The van der Waals surface area contributed by atoms with Gasteiger partial charge in [-0.2, -0.15) is 0 Å². The molecule has 5 heteroatoms. The molecule has 1 amide bonds. The summed E-state index contributed by atoms with van der Waals surface area (Å²) in [4.78, 5) is 14.5. The van der Waals surface area contributed by atoms with Crippen molar-refractivity contribution in [2.45, 2.75) is 32.4 Å². The van der Waals surface area contributed by atoms with Crippen LogP contribution in [0.15, 0.2) is 42.5 Å². The van der Waals surface area contributed by atoms with Gasteiger partial charge in [0.25, 0.3) is 5.91 Å². The van der Waals surface area contributed by atoms with Crippen molar-refractivity contribution in [3.05, 3.63) is 53.8 Å². The van der Waals surface area contributed by atoms with Gasteiger partial charge in [0.15, 0.2) is 6.10 Å². The Kier molecular flexibility index (Phi) is 3.94. The van der Waals surface area contributed by atoms with Crippen LogP contribution in [0.4, 0.5) is 15.8 Å². The van der Waals surface area contributed by atoms with Gasteiger partial charge >= 0.3 is 0 Å². The van der Waals surface area contributed by atoms with Gasteiger partial charge in [0, 0.05) is 24.2 Å². The van der Waals surface area contributed by atoms with Crippen LogP contribution in [-0.2, 0) is 11.2 Å². The highest BCUT2D eigenvalue weighted by Crippen LogP contribution is 2.37. The third-order valence-corrected chi connectivity index (χ3v) is 3.91. The Hall–Kier alpha value is -2.56. The number of benzene rings is 2. The fourth-order valence-corrected chi connectivity index (χ4v) is 2.83. The summed E-state index contributed by atoms with van der Waals surface area (Å²) in [6.07, 6.45) is -0.577. The van der Waals surface area contributed by atoms with Crippen molar-refractivity contribution in [1.29, 1.82) is 0 Å². The number of ether oxygens (including phenoxy) is 1. The van der Waals surface area contributed by atoms with Crippen LogP contribution in [0.1, 0.15) is 19.4 Å². The number of nitrogens with two attached hydrogens (primary N) is 1. The van der Waals surface area contributed by atoms with Crippen LogP contribution < -0.4 is 15.4 Å². The van der Waals surface area contributed by atoms with Crippen LogP contribution in [-0.4, -0.2) is 18.1 Å². The molecule has 0 saturated heterocycles. The second-order valence-corrected chi connectivity index (χ2v) is 5.93. The second-order valence-electron chi connectivity index (χ2n) is 5.93. The molecule has 0 fully saturated rings. The number of carbonyl (C=O) groups excluding carboxylic acids is 1. The predicted molar refractivity (Wildman–Crippen MR) is 88.0 cm³/mol. The van der Waals surface area contributed by atoms with Crippen LogP contribution in [0.2, 0.25) is 0 Å². The Morgan fingerprint density at radius 2 is 2.00 bits per heavy atom. The highest BCUT2D eigenvalue weighted by molar-refractivity contribution is 6.00. The molecule has 1 atom stereocenters. The number of hydrogen-bond donors (Lipinski definition) is 1. The summed E-state index contributed by atoms with van der Waals surface area (Å²) in [6, 6.07) is 11.6. The number of carbonyl (C=O) groups is 1. The number of nitrogen functional groups attached to an aromatic ring is 1. The highest BCUT2D eigenvalue weighted by Gasteiger charge is 2.36. The number of hydrogen-bond acceptors (Lipinski definition) is 3. The lowest BCUT2D eigenvalue weighted by Gasteiger charge is -2.37. The van der Waals surface area contributed by atoms with Gasteiger partial charge in [0.1, 0.15) is 11.6 Å². The van der Waals surface area contributed by atoms with Gasteiger partial charge in [-0.3, -0.25) is 4.79 Å². The fourth-order valence-electron chi connectivity index (χ4n) is 2.83. The summed E-state index contributed by atoms with van der Waals surface area (Å²) in [5.74, 6) is 0.0542. The Morgan fingerprint density at radius 1 is 1.26 bits per heavy atom. The molecule has 0 aliphatic carbocycles. The molecule has 2 aromatic carbocycles. The smallest absolute Gasteiger partial charge is 0.268 e. The van der Waals surface area contributed by atoms with Crippen LogP contribution in [0.5, 0.6) is 5.75 Å². The van der Waals surface area contributed by atoms with Gasteiger partial charge in [0.2, 0.25) is 0 Å². The number of rotatable bonds is 3. The molecule has 1 heterocycles. The quantitative estimate of drug-likeness (QED) is 0.886. The molecule has 0 radical (unpaired) electrons. The first-order valence-corrected chi connectivity index (χ1v) is 7.60. The molecule has 1 unspecified atom stereocenters. The minimum Gasteiger partial charge on any atom is -0.478 e. The molecule has 1 aliphatic heterocycles. The lowest BCUT2D eigenvalue weighted by Crippen LogP contribution is -2.50. The third-order valence-electron chi connectivity index (χ3n) is 3.91. The van der Waals surface area contributed by atoms with E-state index in [-0.39, 0.29) is 24.2 Å². The summed E-state index contributed by atoms with van der Waals surface area (Å²) in [5, 5.41) is 0. The molecule has 1 aliphatic rings. The SMILES string of the molecule is CC(C)N1C(=O)C(Cc2ccccc2F)Oc2cc(N)ccc21. The predicted octanol–water partition coefficient (Wildman–Crippen LogP) is 3.15. The van der Waals surface area contributed by atoms with Crippen molar-refractivity contribution < 1.29 is 13.9 Å². The average molecular weight is 314 g/mol. The summed E-state index contributed by atoms with van der Waals surface area (Å²) < 4.78 is 19.7. The maximum absolute atomic E-state index is 13.9. The van der Waals surface area contributed by atoms with Crippen molar-refractivity contribution in [3.8, 4) is 5.75 Å². The first-order chi connectivity index (χ1) is 11.0. The first kappa shape index (κ1) is 15.3. The Balaban J connectivity index is 1.97. The molecule has 23 heavy (non-hydrogen) atoms. The largest absolute Gasteiger partial charge is 0.478 e. The summed E-state index contributed by atoms with van der Waals surface area (Å²) in [7, 11) is 0. The van der Waals surface area contributed by atoms with E-state index in [0.717, 1.165) is 0 Å². The summed E-state index contributed by atoms with van der Waals surface area (Å²) >= 11 is 0. The lowest BCUT2D eigenvalue weighted by atomic mass is 10.0. The molecule has 0 aromatic heterocycles. The Labute approximate surface area is 134 Å². The van der Waals surface area contributed by atoms with E-state index in [1.54, 1.807) is 41.3 Å². The molecule has 0 bridgehead atoms. The van der Waals surface area contributed by atoms with E-state index in [0.29, 0.717) is 22.7 Å². The van der Waals surface area contributed by atoms with Crippen molar-refractivity contribution in [2.75, 3.05) is 10.6 Å². The summed E-state index contributed by atoms with van der Waals surface area (Å²) in [6.45, 7) is 3.87. The first-order valence-electron chi connectivity index (χ1n) is 7.60. The number of fused-ring (bicyclic) bond motifs is 1. The molecule has 2 N–H and O–H groups in total. The van der Waals surface area contributed by atoms with Crippen LogP contribution >= 0.6 is 0 Å². The van der Waals surface area contributed by atoms with Gasteiger partial charge in [0.05, 0.1) is 5.69 Å². The van der Waals surface area contributed by atoms with Gasteiger partial charge < -0.3 is 15.4 Å². The van der Waals surface area contributed by atoms with E-state index in [9.17, 15) is 9.18 Å². The van der Waals surface area contributed by atoms with Crippen molar-refractivity contribution >= 4 is 17.3 Å². The molecule has 0 spiro atoms. The van der Waals surface area contributed by atoms with Crippen molar-refractivity contribution in [3.63, 3.8) is 0 Å². The zero-order chi connectivity index (χ0) is 16.6. The Morgan fingerprint density at radius 3 is 2.70 bits per heavy atom. The van der Waals surface area contributed by atoms with Crippen molar-refractivity contribution in [2.24, 2.45) is 0 Å². The molecule has 4 nitrogen and oxygen atoms in total. The van der Waals surface area contributed by atoms with E-state index in [1.807, 2.05) is 13.8 Å². The lowest BCUT2D eigenvalue weighted by molar-refractivity contribution is -0.126. The van der Waals surface area contributed by atoms with Crippen LogP contribution in [0.25, 0.3) is 0 Å². The van der Waals surface area contributed by atoms with E-state index in [2.05, 4.69) is 0 Å². The number of anilines is 2. The van der Waals surface area contributed by atoms with Gasteiger partial charge in [-0.15, -0.1) is 0 Å². The van der Waals surface area contributed by atoms with E-state index in [4.69, 9.17) is 10.5 Å². The molecular weight excluding hydrogens is 295 g/mol. The fraction of sp³-hybridized carbons (Fsp3) is 0.278. The standard InChI is InChI=1S/C18H19FN2O2/c1-11(2)21-15-8-7-13(20)10-16(15)23-17(18(21)22)9-12-5-3-4-6-14(12)19/h3-8,10-11,17H,9,20H2,1-2H3. The topological polar surface area (TPSA) is 55.6 Å². The van der Waals surface area contributed by atoms with Crippen LogP contribution in [0, 0.1) is 5.82 Å². The molecule has 0 saturated carbocycles. The summed E-state index contributed by atoms with van der Waals surface area (Å²) in [5.41, 5.74) is 7.54. The zero-order valence-electron chi connectivity index (χ0n) is 13.1. The molecule has 3 rings (SSSR count). The number of amides is 1. The maximum Gasteiger partial charge on any atom is 0.268 e. The molecular formula is C18H19FN2O2. The van der Waals surface area contributed by atoms with Gasteiger partial charge in [-0.05, 0) is 37.6 Å². The third kappa shape index (κ3) is 2.86. The maximum atomic E-state index is 13.9. The zero-order valence-corrected chi connectivity index (χ0v) is 13.1. The minimum atomic E-state index is -0.761. The Bertz CT molecular complexity index is 746. The molecule has 2 aromatic rings. The molecule has 120 valence electrons. The van der Waals surface area contributed by atoms with E-state index < -0.39 is 6.10 Å². The normalized spacial score (nSPS) is 17.1. The average Bonchev–Trinajstić information content (AvgIpc) is 2.50. The van der Waals surface area contributed by atoms with Crippen LogP contribution in [0.3, 0.4) is 0 Å². The second kappa shape index (κ2) is 5.91. The minimum absolute atomic E-state index is 0.0307. The number of nitrogens with zero attached hydrogens (tertiary/aromatic N) is 1. The number of halogens is 1. The van der Waals surface area contributed by atoms with Crippen molar-refractivity contribution in [1.82, 2.24) is 0 Å². The van der Waals surface area contributed by atoms with E-state index in [1.165, 1.54) is 6.07 Å². The van der Waals surface area contributed by atoms with Gasteiger partial charge in [-0.1, -0.05) is 18.2 Å².